The zero-order valence-electron chi connectivity index (χ0n) is 13.0. The van der Waals surface area contributed by atoms with E-state index in [1.807, 2.05) is 30.3 Å². The molecule has 0 radical (unpaired) electrons. The fourth-order valence-electron chi connectivity index (χ4n) is 2.23. The van der Waals surface area contributed by atoms with Gasteiger partial charge in [-0.2, -0.15) is 4.98 Å². The number of halogens is 1. The SMILES string of the molecule is Clc1ccc(-c2nnc(CCc3nc(-c4ccccn4)no3)o2)cc1. The molecule has 3 aromatic heterocycles. The Balaban J connectivity index is 1.42. The quantitative estimate of drug-likeness (QED) is 0.541. The summed E-state index contributed by atoms with van der Waals surface area (Å²) in [5.41, 5.74) is 1.48. The van der Waals surface area contributed by atoms with Gasteiger partial charge < -0.3 is 8.94 Å². The van der Waals surface area contributed by atoms with E-state index in [9.17, 15) is 0 Å². The lowest BCUT2D eigenvalue weighted by Crippen LogP contribution is -1.92. The molecule has 0 saturated heterocycles. The first-order valence-electron chi connectivity index (χ1n) is 7.60. The second-order valence-corrected chi connectivity index (χ2v) is 5.67. The molecule has 0 spiro atoms. The number of hydrogen-bond donors (Lipinski definition) is 0. The molecule has 0 aliphatic heterocycles. The van der Waals surface area contributed by atoms with E-state index < -0.39 is 0 Å². The number of aryl methyl sites for hydroxylation is 2. The molecule has 0 aliphatic carbocycles. The summed E-state index contributed by atoms with van der Waals surface area (Å²) in [5, 5.41) is 12.7. The Morgan fingerprint density at radius 2 is 1.76 bits per heavy atom. The fraction of sp³-hybridized carbons (Fsp3) is 0.118. The van der Waals surface area contributed by atoms with Crippen LogP contribution in [0.5, 0.6) is 0 Å². The van der Waals surface area contributed by atoms with Crippen molar-refractivity contribution < 1.29 is 8.94 Å². The van der Waals surface area contributed by atoms with Crippen molar-refractivity contribution in [2.24, 2.45) is 0 Å². The lowest BCUT2D eigenvalue weighted by Gasteiger charge is -1.94. The van der Waals surface area contributed by atoms with Gasteiger partial charge in [-0.05, 0) is 36.4 Å². The van der Waals surface area contributed by atoms with Crippen molar-refractivity contribution in [3.05, 3.63) is 65.5 Å². The number of benzene rings is 1. The Morgan fingerprint density at radius 1 is 0.920 bits per heavy atom. The third-order valence-electron chi connectivity index (χ3n) is 3.47. The predicted molar refractivity (Wildman–Crippen MR) is 89.7 cm³/mol. The predicted octanol–water partition coefficient (Wildman–Crippen LogP) is 3.62. The van der Waals surface area contributed by atoms with E-state index >= 15 is 0 Å². The van der Waals surface area contributed by atoms with Gasteiger partial charge in [0.05, 0.1) is 0 Å². The highest BCUT2D eigenvalue weighted by Gasteiger charge is 2.13. The van der Waals surface area contributed by atoms with Crippen molar-refractivity contribution in [2.75, 3.05) is 0 Å². The van der Waals surface area contributed by atoms with Crippen LogP contribution < -0.4 is 0 Å². The fourth-order valence-corrected chi connectivity index (χ4v) is 2.36. The Hall–Kier alpha value is -3.06. The first-order valence-corrected chi connectivity index (χ1v) is 7.98. The van der Waals surface area contributed by atoms with Gasteiger partial charge in [-0.15, -0.1) is 10.2 Å². The van der Waals surface area contributed by atoms with Crippen LogP contribution in [0, 0.1) is 0 Å². The van der Waals surface area contributed by atoms with Crippen LogP contribution in [0.15, 0.2) is 57.6 Å². The van der Waals surface area contributed by atoms with Crippen LogP contribution in [-0.4, -0.2) is 25.3 Å². The van der Waals surface area contributed by atoms with Crippen LogP contribution in [0.4, 0.5) is 0 Å². The minimum absolute atomic E-state index is 0.450. The zero-order chi connectivity index (χ0) is 17.1. The molecule has 0 aliphatic rings. The first-order chi connectivity index (χ1) is 12.3. The average Bonchev–Trinajstić information content (AvgIpc) is 3.31. The van der Waals surface area contributed by atoms with Crippen molar-refractivity contribution in [3.63, 3.8) is 0 Å². The van der Waals surface area contributed by atoms with Crippen molar-refractivity contribution in [3.8, 4) is 23.0 Å². The minimum atomic E-state index is 0.450. The number of nitrogens with zero attached hydrogens (tertiary/aromatic N) is 5. The third kappa shape index (κ3) is 3.56. The topological polar surface area (TPSA) is 90.7 Å². The van der Waals surface area contributed by atoms with Crippen LogP contribution in [-0.2, 0) is 12.8 Å². The normalized spacial score (nSPS) is 10.9. The number of hydrogen-bond acceptors (Lipinski definition) is 7. The van der Waals surface area contributed by atoms with Gasteiger partial charge in [0, 0.05) is 29.6 Å². The molecule has 0 fully saturated rings. The monoisotopic (exact) mass is 353 g/mol. The summed E-state index contributed by atoms with van der Waals surface area (Å²) in [6.45, 7) is 0. The Bertz CT molecular complexity index is 966. The maximum Gasteiger partial charge on any atom is 0.247 e. The van der Waals surface area contributed by atoms with Crippen LogP contribution in [0.1, 0.15) is 11.8 Å². The second kappa shape index (κ2) is 6.82. The molecule has 25 heavy (non-hydrogen) atoms. The second-order valence-electron chi connectivity index (χ2n) is 5.23. The van der Waals surface area contributed by atoms with Crippen molar-refractivity contribution in [1.82, 2.24) is 25.3 Å². The summed E-state index contributed by atoms with van der Waals surface area (Å²) in [6, 6.07) is 12.7. The van der Waals surface area contributed by atoms with E-state index in [-0.39, 0.29) is 0 Å². The van der Waals surface area contributed by atoms with Crippen LogP contribution >= 0.6 is 11.6 Å². The van der Waals surface area contributed by atoms with E-state index in [1.165, 1.54) is 0 Å². The van der Waals surface area contributed by atoms with E-state index in [0.717, 1.165) is 5.56 Å². The largest absolute Gasteiger partial charge is 0.421 e. The lowest BCUT2D eigenvalue weighted by molar-refractivity contribution is 0.373. The van der Waals surface area contributed by atoms with Crippen LogP contribution in [0.25, 0.3) is 23.0 Å². The minimum Gasteiger partial charge on any atom is -0.421 e. The van der Waals surface area contributed by atoms with E-state index in [1.54, 1.807) is 18.3 Å². The highest BCUT2D eigenvalue weighted by atomic mass is 35.5. The van der Waals surface area contributed by atoms with Crippen molar-refractivity contribution in [1.29, 1.82) is 0 Å². The molecule has 124 valence electrons. The number of rotatable bonds is 5. The van der Waals surface area contributed by atoms with Gasteiger partial charge in [0.2, 0.25) is 23.5 Å². The van der Waals surface area contributed by atoms with E-state index in [2.05, 4.69) is 25.3 Å². The summed E-state index contributed by atoms with van der Waals surface area (Å²) in [6.07, 6.45) is 2.69. The van der Waals surface area contributed by atoms with Gasteiger partial charge in [-0.3, -0.25) is 4.98 Å². The molecule has 4 aromatic rings. The summed E-state index contributed by atoms with van der Waals surface area (Å²) in [5.74, 6) is 1.91. The molecule has 3 heterocycles. The molecule has 7 nitrogen and oxygen atoms in total. The number of pyridine rings is 1. The van der Waals surface area contributed by atoms with Gasteiger partial charge in [0.25, 0.3) is 0 Å². The first kappa shape index (κ1) is 15.5. The van der Waals surface area contributed by atoms with E-state index in [4.69, 9.17) is 20.5 Å². The molecular formula is C17H12ClN5O2. The van der Waals surface area contributed by atoms with E-state index in [0.29, 0.717) is 47.1 Å². The maximum absolute atomic E-state index is 5.87. The van der Waals surface area contributed by atoms with Gasteiger partial charge in [0.1, 0.15) is 5.69 Å². The van der Waals surface area contributed by atoms with Crippen molar-refractivity contribution >= 4 is 11.6 Å². The Labute approximate surface area is 147 Å². The Morgan fingerprint density at radius 3 is 2.56 bits per heavy atom. The molecule has 0 amide bonds. The van der Waals surface area contributed by atoms with Crippen LogP contribution in [0.2, 0.25) is 5.02 Å². The summed E-state index contributed by atoms with van der Waals surface area (Å²) in [4.78, 5) is 8.51. The maximum atomic E-state index is 5.87. The lowest BCUT2D eigenvalue weighted by atomic mass is 10.2. The van der Waals surface area contributed by atoms with Gasteiger partial charge >= 0.3 is 0 Å². The molecule has 0 atom stereocenters. The highest BCUT2D eigenvalue weighted by molar-refractivity contribution is 6.30. The molecule has 0 saturated carbocycles. The average molecular weight is 354 g/mol. The zero-order valence-corrected chi connectivity index (χ0v) is 13.7. The molecule has 1 aromatic carbocycles. The molecule has 0 N–H and O–H groups in total. The van der Waals surface area contributed by atoms with Crippen LogP contribution in [0.3, 0.4) is 0 Å². The highest BCUT2D eigenvalue weighted by Crippen LogP contribution is 2.21. The summed E-state index contributed by atoms with van der Waals surface area (Å²) in [7, 11) is 0. The number of aromatic nitrogens is 5. The molecule has 8 heteroatoms. The molecular weight excluding hydrogens is 342 g/mol. The molecule has 0 unspecified atom stereocenters. The van der Waals surface area contributed by atoms with Gasteiger partial charge in [-0.1, -0.05) is 22.8 Å². The Kier molecular flexibility index (Phi) is 4.22. The summed E-state index contributed by atoms with van der Waals surface area (Å²) < 4.78 is 10.9. The smallest absolute Gasteiger partial charge is 0.247 e. The third-order valence-corrected chi connectivity index (χ3v) is 3.72. The van der Waals surface area contributed by atoms with Crippen molar-refractivity contribution in [2.45, 2.75) is 12.8 Å². The van der Waals surface area contributed by atoms with Gasteiger partial charge in [-0.25, -0.2) is 0 Å². The molecule has 4 rings (SSSR count). The molecule has 0 bridgehead atoms. The van der Waals surface area contributed by atoms with Gasteiger partial charge in [0.15, 0.2) is 0 Å². The summed E-state index contributed by atoms with van der Waals surface area (Å²) >= 11 is 5.87. The standard InChI is InChI=1S/C17H12ClN5O2/c18-12-6-4-11(5-7-12)17-22-21-15(24-17)9-8-14-20-16(23-25-14)13-3-1-2-10-19-13/h1-7,10H,8-9H2.